The highest BCUT2D eigenvalue weighted by Crippen LogP contribution is 2.16. The minimum absolute atomic E-state index is 0.285. The number of aromatic nitrogens is 1. The average molecular weight is 273 g/mol. The molecule has 0 spiro atoms. The molecule has 1 aromatic rings. The molecule has 1 rings (SSSR count). The maximum Gasteiger partial charge on any atom is 0.297 e. The van der Waals surface area contributed by atoms with Gasteiger partial charge in [-0.3, -0.25) is 4.79 Å². The quantitative estimate of drug-likeness (QED) is 0.834. The summed E-state index contributed by atoms with van der Waals surface area (Å²) in [5.74, 6) is 2.06. The van der Waals surface area contributed by atoms with E-state index >= 15 is 0 Å². The van der Waals surface area contributed by atoms with Gasteiger partial charge >= 0.3 is 0 Å². The second-order valence-electron chi connectivity index (χ2n) is 2.64. The Labute approximate surface area is 95.1 Å². The summed E-state index contributed by atoms with van der Waals surface area (Å²) in [6, 6.07) is 0. The fourth-order valence-corrected chi connectivity index (χ4v) is 2.04. The number of hydrogen-bond donors (Lipinski definition) is 1. The van der Waals surface area contributed by atoms with Gasteiger partial charge in [-0.05, 0) is 18.7 Å². The summed E-state index contributed by atoms with van der Waals surface area (Å²) in [5, 5.41) is 3.69. The van der Waals surface area contributed by atoms with Crippen LogP contribution >= 0.6 is 27.3 Å². The van der Waals surface area contributed by atoms with Crippen LogP contribution in [0.3, 0.4) is 0 Å². The van der Waals surface area contributed by atoms with E-state index in [9.17, 15) is 4.79 Å². The summed E-state index contributed by atoms with van der Waals surface area (Å²) in [4.78, 5) is 18.7. The number of carbonyl (C=O) groups is 1. The molecule has 1 aromatic heterocycles. The molecule has 0 saturated heterocycles. The number of nitrogens with one attached hydrogen (secondary N) is 1. The van der Waals surface area contributed by atoms with Gasteiger partial charge in [0.2, 0.25) is 0 Å². The molecule has 0 aromatic carbocycles. The van der Waals surface area contributed by atoms with Crippen LogP contribution in [0.2, 0.25) is 0 Å². The predicted molar refractivity (Wildman–Crippen MR) is 60.1 cm³/mol. The second-order valence-corrected chi connectivity index (χ2v) is 4.33. The maximum absolute atomic E-state index is 11.0. The van der Waals surface area contributed by atoms with E-state index < -0.39 is 0 Å². The molecular weight excluding hydrogens is 264 g/mol. The summed E-state index contributed by atoms with van der Waals surface area (Å²) in [5.41, 5.74) is 0.972. The van der Waals surface area contributed by atoms with Gasteiger partial charge in [0.05, 0.1) is 17.2 Å². The Kier molecular flexibility index (Phi) is 4.11. The van der Waals surface area contributed by atoms with Gasteiger partial charge in [-0.1, -0.05) is 0 Å². The van der Waals surface area contributed by atoms with Crippen LogP contribution in [0.15, 0.2) is 0 Å². The Morgan fingerprint density at radius 1 is 1.64 bits per heavy atom. The van der Waals surface area contributed by atoms with Crippen LogP contribution < -0.4 is 5.32 Å². The lowest BCUT2D eigenvalue weighted by Crippen LogP contribution is -2.20. The van der Waals surface area contributed by atoms with Crippen molar-refractivity contribution < 1.29 is 4.79 Å². The van der Waals surface area contributed by atoms with E-state index in [2.05, 4.69) is 37.0 Å². The van der Waals surface area contributed by atoms with Gasteiger partial charge in [-0.25, -0.2) is 4.98 Å². The van der Waals surface area contributed by atoms with Gasteiger partial charge in [-0.15, -0.1) is 11.3 Å². The summed E-state index contributed by atoms with van der Waals surface area (Å²) in [7, 11) is 0. The largest absolute Gasteiger partial charge is 0.340 e. The van der Waals surface area contributed by atoms with Crippen LogP contribution in [0.1, 0.15) is 15.6 Å². The Balaban J connectivity index is 2.56. The molecular formula is C9H9BrN2OS. The van der Waals surface area contributed by atoms with E-state index in [-0.39, 0.29) is 5.91 Å². The molecule has 0 saturated carbocycles. The molecule has 0 unspecified atom stereocenters. The van der Waals surface area contributed by atoms with Crippen molar-refractivity contribution in [2.45, 2.75) is 20.4 Å². The van der Waals surface area contributed by atoms with Crippen molar-refractivity contribution in [1.29, 1.82) is 0 Å². The van der Waals surface area contributed by atoms with Gasteiger partial charge in [0.15, 0.2) is 0 Å². The molecule has 1 heterocycles. The van der Waals surface area contributed by atoms with Crippen molar-refractivity contribution in [1.82, 2.24) is 10.3 Å². The highest BCUT2D eigenvalue weighted by Gasteiger charge is 2.05. The smallest absolute Gasteiger partial charge is 0.297 e. The van der Waals surface area contributed by atoms with E-state index in [4.69, 9.17) is 0 Å². The van der Waals surface area contributed by atoms with Crippen LogP contribution in [0.5, 0.6) is 0 Å². The van der Waals surface area contributed by atoms with Crippen molar-refractivity contribution in [2.24, 2.45) is 0 Å². The third-order valence-corrected chi connectivity index (χ3v) is 2.84. The van der Waals surface area contributed by atoms with E-state index in [1.165, 1.54) is 0 Å². The lowest BCUT2D eigenvalue weighted by Gasteiger charge is -1.97. The van der Waals surface area contributed by atoms with Gasteiger partial charge < -0.3 is 5.32 Å². The zero-order valence-corrected chi connectivity index (χ0v) is 10.3. The van der Waals surface area contributed by atoms with E-state index in [0.29, 0.717) is 6.54 Å². The molecule has 1 amide bonds. The van der Waals surface area contributed by atoms with Crippen LogP contribution in [0.25, 0.3) is 0 Å². The Hall–Kier alpha value is -0.860. The number of rotatable bonds is 2. The lowest BCUT2D eigenvalue weighted by atomic mass is 10.4. The molecule has 0 bridgehead atoms. The molecule has 5 heteroatoms. The summed E-state index contributed by atoms with van der Waals surface area (Å²) < 4.78 is 0. The fourth-order valence-electron chi connectivity index (χ4n) is 0.985. The number of amides is 1. The number of aryl methyl sites for hydroxylation is 2. The van der Waals surface area contributed by atoms with E-state index in [1.54, 1.807) is 11.3 Å². The second kappa shape index (κ2) is 5.13. The molecule has 0 fully saturated rings. The first kappa shape index (κ1) is 11.2. The zero-order chi connectivity index (χ0) is 10.6. The zero-order valence-electron chi connectivity index (χ0n) is 7.85. The number of nitrogens with zero attached hydrogens (tertiary/aromatic N) is 1. The molecule has 0 aliphatic rings. The van der Waals surface area contributed by atoms with E-state index in [0.717, 1.165) is 15.6 Å². The fraction of sp³-hybridized carbons (Fsp3) is 0.333. The molecule has 0 radical (unpaired) electrons. The Bertz CT molecular complexity index is 403. The van der Waals surface area contributed by atoms with Crippen molar-refractivity contribution in [3.05, 3.63) is 15.6 Å². The van der Waals surface area contributed by atoms with Crippen LogP contribution in [-0.2, 0) is 11.3 Å². The standard InChI is InChI=1S/C9H9BrN2OS/c1-6-8(14-7(2)12-6)5-11-9(13)3-4-10/h5H2,1-2H3,(H,11,13). The topological polar surface area (TPSA) is 42.0 Å². The van der Waals surface area contributed by atoms with Crippen molar-refractivity contribution in [2.75, 3.05) is 0 Å². The first-order chi connectivity index (χ1) is 6.63. The Morgan fingerprint density at radius 2 is 2.36 bits per heavy atom. The van der Waals surface area contributed by atoms with E-state index in [1.807, 2.05) is 13.8 Å². The van der Waals surface area contributed by atoms with Gasteiger partial charge in [0.25, 0.3) is 5.91 Å². The van der Waals surface area contributed by atoms with Gasteiger partial charge in [-0.2, -0.15) is 0 Å². The molecule has 74 valence electrons. The maximum atomic E-state index is 11.0. The minimum Gasteiger partial charge on any atom is -0.340 e. The normalized spacial score (nSPS) is 9.07. The van der Waals surface area contributed by atoms with Gasteiger partial charge in [0.1, 0.15) is 0 Å². The first-order valence-corrected chi connectivity index (χ1v) is 5.57. The van der Waals surface area contributed by atoms with Crippen molar-refractivity contribution in [3.8, 4) is 10.8 Å². The third kappa shape index (κ3) is 3.13. The number of thiazole rings is 1. The highest BCUT2D eigenvalue weighted by molar-refractivity contribution is 9.12. The number of hydrogen-bond acceptors (Lipinski definition) is 3. The van der Waals surface area contributed by atoms with Gasteiger partial charge in [0, 0.05) is 26.7 Å². The van der Waals surface area contributed by atoms with Crippen LogP contribution in [0.4, 0.5) is 0 Å². The highest BCUT2D eigenvalue weighted by atomic mass is 79.9. The monoisotopic (exact) mass is 272 g/mol. The molecule has 0 aliphatic carbocycles. The lowest BCUT2D eigenvalue weighted by molar-refractivity contribution is -0.115. The summed E-state index contributed by atoms with van der Waals surface area (Å²) in [6.45, 7) is 4.38. The van der Waals surface area contributed by atoms with Crippen LogP contribution in [0, 0.1) is 24.6 Å². The minimum atomic E-state index is -0.285. The summed E-state index contributed by atoms with van der Waals surface area (Å²) in [6.07, 6.45) is 0. The molecule has 14 heavy (non-hydrogen) atoms. The first-order valence-electron chi connectivity index (χ1n) is 3.96. The molecule has 0 atom stereocenters. The number of carbonyl (C=O) groups excluding carboxylic acids is 1. The Morgan fingerprint density at radius 3 is 2.86 bits per heavy atom. The van der Waals surface area contributed by atoms with Crippen molar-refractivity contribution >= 4 is 33.2 Å². The van der Waals surface area contributed by atoms with Crippen molar-refractivity contribution in [3.63, 3.8) is 0 Å². The number of halogens is 1. The third-order valence-electron chi connectivity index (χ3n) is 1.57. The SMILES string of the molecule is Cc1nc(C)c(CNC(=O)C#CBr)s1. The molecule has 0 aliphatic heterocycles. The van der Waals surface area contributed by atoms with Crippen LogP contribution in [-0.4, -0.2) is 10.9 Å². The predicted octanol–water partition coefficient (Wildman–Crippen LogP) is 1.73. The summed E-state index contributed by atoms with van der Waals surface area (Å²) >= 11 is 4.45. The molecule has 1 N–H and O–H groups in total. The molecule has 3 nitrogen and oxygen atoms in total. The average Bonchev–Trinajstić information content (AvgIpc) is 2.42.